The molecule has 4 aromatic rings. The summed E-state index contributed by atoms with van der Waals surface area (Å²) >= 11 is 0. The van der Waals surface area contributed by atoms with Crippen LogP contribution >= 0.6 is 0 Å². The van der Waals surface area contributed by atoms with Crippen molar-refractivity contribution in [3.05, 3.63) is 61.2 Å². The summed E-state index contributed by atoms with van der Waals surface area (Å²) in [7, 11) is 0. The third kappa shape index (κ3) is 4.25. The molecule has 156 valence electrons. The van der Waals surface area contributed by atoms with Gasteiger partial charge in [-0.2, -0.15) is 4.98 Å². The Morgan fingerprint density at radius 3 is 2.84 bits per heavy atom. The summed E-state index contributed by atoms with van der Waals surface area (Å²) in [5.41, 5.74) is 2.14. The maximum absolute atomic E-state index is 12.2. The average molecular weight is 417 g/mol. The van der Waals surface area contributed by atoms with E-state index in [-0.39, 0.29) is 5.91 Å². The highest BCUT2D eigenvalue weighted by molar-refractivity contribution is 5.91. The van der Waals surface area contributed by atoms with E-state index in [0.717, 1.165) is 5.56 Å². The van der Waals surface area contributed by atoms with Gasteiger partial charge in [0.05, 0.1) is 6.33 Å². The molecule has 0 bridgehead atoms. The molecule has 0 unspecified atom stereocenters. The zero-order valence-electron chi connectivity index (χ0n) is 16.5. The Balaban J connectivity index is 1.29. The zero-order valence-corrected chi connectivity index (χ0v) is 16.5. The van der Waals surface area contributed by atoms with Crippen molar-refractivity contribution in [3.63, 3.8) is 0 Å². The van der Waals surface area contributed by atoms with Crippen LogP contribution in [0.3, 0.4) is 0 Å². The lowest BCUT2D eigenvalue weighted by Crippen LogP contribution is -2.15. The summed E-state index contributed by atoms with van der Waals surface area (Å²) in [5.74, 6) is 2.08. The number of amides is 1. The van der Waals surface area contributed by atoms with Gasteiger partial charge < -0.3 is 23.9 Å². The first-order valence-electron chi connectivity index (χ1n) is 9.84. The van der Waals surface area contributed by atoms with Crippen molar-refractivity contribution >= 4 is 11.6 Å². The second-order valence-electron chi connectivity index (χ2n) is 6.96. The number of aromatic nitrogens is 4. The number of hydrogen-bond donors (Lipinski definition) is 1. The molecule has 1 aliphatic heterocycles. The number of carbonyl (C=O) groups is 1. The Hall–Kier alpha value is -4.14. The number of benzene rings is 2. The smallest absolute Gasteiger partial charge is 0.258 e. The van der Waals surface area contributed by atoms with Gasteiger partial charge in [0, 0.05) is 42.2 Å². The second kappa shape index (κ2) is 8.31. The Kier molecular flexibility index (Phi) is 5.05. The van der Waals surface area contributed by atoms with E-state index < -0.39 is 0 Å². The molecule has 31 heavy (non-hydrogen) atoms. The first-order valence-corrected chi connectivity index (χ1v) is 9.84. The molecule has 0 radical (unpaired) electrons. The van der Waals surface area contributed by atoms with Gasteiger partial charge in [-0.05, 0) is 36.4 Å². The van der Waals surface area contributed by atoms with E-state index in [0.29, 0.717) is 60.6 Å². The third-order valence-corrected chi connectivity index (χ3v) is 4.78. The van der Waals surface area contributed by atoms with Crippen LogP contribution < -0.4 is 14.8 Å². The van der Waals surface area contributed by atoms with Gasteiger partial charge in [-0.3, -0.25) is 4.79 Å². The summed E-state index contributed by atoms with van der Waals surface area (Å²) in [5, 5.41) is 6.98. The van der Waals surface area contributed by atoms with Crippen molar-refractivity contribution < 1.29 is 18.8 Å². The summed E-state index contributed by atoms with van der Waals surface area (Å²) in [4.78, 5) is 20.7. The number of rotatable bonds is 6. The van der Waals surface area contributed by atoms with Crippen molar-refractivity contribution in [2.24, 2.45) is 0 Å². The molecule has 0 spiro atoms. The summed E-state index contributed by atoms with van der Waals surface area (Å²) in [6.45, 7) is 1.61. The molecule has 2 aromatic carbocycles. The molecule has 0 aliphatic carbocycles. The van der Waals surface area contributed by atoms with Crippen molar-refractivity contribution in [2.45, 2.75) is 13.0 Å². The molecule has 0 saturated heterocycles. The number of carbonyl (C=O) groups excluding carboxylic acids is 1. The van der Waals surface area contributed by atoms with Crippen molar-refractivity contribution in [1.82, 2.24) is 19.7 Å². The molecule has 1 N–H and O–H groups in total. The highest BCUT2D eigenvalue weighted by atomic mass is 16.6. The molecular weight excluding hydrogens is 398 g/mol. The van der Waals surface area contributed by atoms with Gasteiger partial charge in [0.2, 0.25) is 11.7 Å². The van der Waals surface area contributed by atoms with E-state index >= 15 is 0 Å². The van der Waals surface area contributed by atoms with Crippen LogP contribution in [0.5, 0.6) is 11.5 Å². The molecule has 3 heterocycles. The molecule has 0 atom stereocenters. The largest absolute Gasteiger partial charge is 0.486 e. The Bertz CT molecular complexity index is 1200. The van der Waals surface area contributed by atoms with Crippen LogP contribution in [0.4, 0.5) is 5.69 Å². The van der Waals surface area contributed by atoms with E-state index in [1.54, 1.807) is 18.6 Å². The van der Waals surface area contributed by atoms with E-state index in [2.05, 4.69) is 20.4 Å². The maximum atomic E-state index is 12.2. The predicted octanol–water partition coefficient (Wildman–Crippen LogP) is 3.40. The summed E-state index contributed by atoms with van der Waals surface area (Å²) in [6.07, 6.45) is 5.53. The van der Waals surface area contributed by atoms with E-state index in [1.165, 1.54) is 0 Å². The van der Waals surface area contributed by atoms with Gasteiger partial charge in [0.1, 0.15) is 13.2 Å². The maximum Gasteiger partial charge on any atom is 0.258 e. The van der Waals surface area contributed by atoms with Crippen LogP contribution in [0.2, 0.25) is 0 Å². The van der Waals surface area contributed by atoms with Crippen LogP contribution in [0.25, 0.3) is 22.8 Å². The molecule has 1 aliphatic rings. The Labute approximate surface area is 177 Å². The number of fused-ring (bicyclic) bond motifs is 1. The number of ether oxygens (including phenoxy) is 2. The molecular formula is C22H19N5O4. The number of aryl methyl sites for hydroxylation is 1. The Morgan fingerprint density at radius 2 is 1.97 bits per heavy atom. The number of hydrogen-bond acceptors (Lipinski definition) is 7. The molecule has 1 amide bonds. The highest BCUT2D eigenvalue weighted by Crippen LogP contribution is 2.34. The molecule has 9 nitrogen and oxygen atoms in total. The SMILES string of the molecule is O=C(CCn1ccnc1)Nc1cccc(-c2nc(-c3ccc4c(c3)OCCO4)no2)c1. The quantitative estimate of drug-likeness (QED) is 0.513. The van der Waals surface area contributed by atoms with Crippen LogP contribution in [0, 0.1) is 0 Å². The van der Waals surface area contributed by atoms with E-state index in [9.17, 15) is 4.79 Å². The molecule has 9 heteroatoms. The fourth-order valence-corrected chi connectivity index (χ4v) is 3.24. The van der Waals surface area contributed by atoms with E-state index in [1.807, 2.05) is 47.2 Å². The normalized spacial score (nSPS) is 12.5. The van der Waals surface area contributed by atoms with Crippen molar-refractivity contribution in [1.29, 1.82) is 0 Å². The van der Waals surface area contributed by atoms with Crippen molar-refractivity contribution in [3.8, 4) is 34.3 Å². The number of nitrogens with zero attached hydrogens (tertiary/aromatic N) is 4. The van der Waals surface area contributed by atoms with Gasteiger partial charge in [0.25, 0.3) is 5.89 Å². The van der Waals surface area contributed by atoms with Gasteiger partial charge in [-0.1, -0.05) is 11.2 Å². The van der Waals surface area contributed by atoms with Gasteiger partial charge >= 0.3 is 0 Å². The van der Waals surface area contributed by atoms with Gasteiger partial charge in [-0.15, -0.1) is 0 Å². The summed E-state index contributed by atoms with van der Waals surface area (Å²) < 4.78 is 18.5. The van der Waals surface area contributed by atoms with Crippen LogP contribution in [0.15, 0.2) is 65.7 Å². The third-order valence-electron chi connectivity index (χ3n) is 4.78. The molecule has 0 saturated carbocycles. The average Bonchev–Trinajstić information content (AvgIpc) is 3.50. The number of anilines is 1. The minimum Gasteiger partial charge on any atom is -0.486 e. The topological polar surface area (TPSA) is 104 Å². The van der Waals surface area contributed by atoms with Crippen molar-refractivity contribution in [2.75, 3.05) is 18.5 Å². The Morgan fingerprint density at radius 1 is 1.06 bits per heavy atom. The minimum absolute atomic E-state index is 0.0895. The lowest BCUT2D eigenvalue weighted by molar-refractivity contribution is -0.116. The van der Waals surface area contributed by atoms with Gasteiger partial charge in [0.15, 0.2) is 11.5 Å². The van der Waals surface area contributed by atoms with Crippen LogP contribution in [0.1, 0.15) is 6.42 Å². The summed E-state index contributed by atoms with van der Waals surface area (Å²) in [6, 6.07) is 12.8. The second-order valence-corrected chi connectivity index (χ2v) is 6.96. The van der Waals surface area contributed by atoms with Gasteiger partial charge in [-0.25, -0.2) is 4.98 Å². The van der Waals surface area contributed by atoms with Crippen LogP contribution in [-0.4, -0.2) is 38.8 Å². The first-order chi connectivity index (χ1) is 15.2. The molecule has 0 fully saturated rings. The monoisotopic (exact) mass is 417 g/mol. The fraction of sp³-hybridized carbons (Fsp3) is 0.182. The minimum atomic E-state index is -0.0895. The predicted molar refractivity (Wildman–Crippen MR) is 112 cm³/mol. The zero-order chi connectivity index (χ0) is 21.0. The number of nitrogens with one attached hydrogen (secondary N) is 1. The lowest BCUT2D eigenvalue weighted by Gasteiger charge is -2.18. The first kappa shape index (κ1) is 18.9. The standard InChI is InChI=1S/C22H19N5O4/c28-20(6-8-27-9-7-23-14-27)24-17-3-1-2-16(12-17)22-25-21(26-31-22)15-4-5-18-19(13-15)30-11-10-29-18/h1-5,7,9,12-14H,6,8,10-11H2,(H,24,28). The number of imidazole rings is 1. The van der Waals surface area contributed by atoms with E-state index in [4.69, 9.17) is 14.0 Å². The molecule has 5 rings (SSSR count). The molecule has 2 aromatic heterocycles. The lowest BCUT2D eigenvalue weighted by atomic mass is 10.1. The van der Waals surface area contributed by atoms with Crippen LogP contribution in [-0.2, 0) is 11.3 Å². The fourth-order valence-electron chi connectivity index (χ4n) is 3.24. The highest BCUT2D eigenvalue weighted by Gasteiger charge is 2.16.